The molecule has 1 heterocycles. The summed E-state index contributed by atoms with van der Waals surface area (Å²) >= 11 is 0. The van der Waals surface area contributed by atoms with E-state index in [0.29, 0.717) is 19.0 Å². The second-order valence-electron chi connectivity index (χ2n) is 5.25. The molecule has 106 valence electrons. The summed E-state index contributed by atoms with van der Waals surface area (Å²) < 4.78 is 1.61. The Morgan fingerprint density at radius 1 is 1.53 bits per heavy atom. The normalized spacial score (nSPS) is 18.2. The van der Waals surface area contributed by atoms with Crippen LogP contribution in [0.25, 0.3) is 0 Å². The summed E-state index contributed by atoms with van der Waals surface area (Å²) in [6, 6.07) is 0.0108. The van der Waals surface area contributed by atoms with Crippen LogP contribution >= 0.6 is 0 Å². The minimum atomic E-state index is -0.319. The van der Waals surface area contributed by atoms with Gasteiger partial charge >= 0.3 is 0 Å². The molecule has 1 fully saturated rings. The Hall–Kier alpha value is -1.43. The van der Waals surface area contributed by atoms with Crippen LogP contribution in [0.3, 0.4) is 0 Å². The Balaban J connectivity index is 1.89. The molecule has 0 aliphatic heterocycles. The number of carbonyl (C=O) groups is 1. The number of nitrogens with zero attached hydrogens (tertiary/aromatic N) is 3. The van der Waals surface area contributed by atoms with E-state index < -0.39 is 0 Å². The van der Waals surface area contributed by atoms with Crippen LogP contribution in [0.15, 0.2) is 6.20 Å². The molecular weight excluding hydrogens is 242 g/mol. The van der Waals surface area contributed by atoms with Crippen LogP contribution in [0, 0.1) is 0 Å². The molecule has 1 aromatic heterocycles. The van der Waals surface area contributed by atoms with Crippen molar-refractivity contribution in [2.75, 3.05) is 6.54 Å². The number of hydrogen-bond acceptors (Lipinski definition) is 4. The lowest BCUT2D eigenvalue weighted by atomic mass is 9.95. The summed E-state index contributed by atoms with van der Waals surface area (Å²) in [5, 5.41) is 11.1. The highest BCUT2D eigenvalue weighted by atomic mass is 16.2. The molecule has 0 radical (unpaired) electrons. The van der Waals surface area contributed by atoms with E-state index in [9.17, 15) is 4.79 Å². The molecule has 1 aliphatic rings. The monoisotopic (exact) mass is 265 g/mol. The smallest absolute Gasteiger partial charge is 0.244 e. The Morgan fingerprint density at radius 3 is 2.95 bits per heavy atom. The van der Waals surface area contributed by atoms with Gasteiger partial charge in [-0.05, 0) is 26.3 Å². The molecule has 6 heteroatoms. The predicted octanol–water partition coefficient (Wildman–Crippen LogP) is 0.789. The van der Waals surface area contributed by atoms with Gasteiger partial charge in [0.2, 0.25) is 5.91 Å². The molecule has 0 spiro atoms. The Bertz CT molecular complexity index is 411. The summed E-state index contributed by atoms with van der Waals surface area (Å²) in [5.74, 6) is 0.0242. The molecule has 0 aromatic carbocycles. The first kappa shape index (κ1) is 14.0. The maximum Gasteiger partial charge on any atom is 0.244 e. The lowest BCUT2D eigenvalue weighted by molar-refractivity contribution is -0.125. The van der Waals surface area contributed by atoms with E-state index in [1.165, 1.54) is 19.3 Å². The van der Waals surface area contributed by atoms with Gasteiger partial charge in [-0.2, -0.15) is 0 Å². The SMILES string of the molecule is CC(C(=O)NC1CCCCC1)n1cc(CCN)nn1. The van der Waals surface area contributed by atoms with E-state index >= 15 is 0 Å². The van der Waals surface area contributed by atoms with Gasteiger partial charge in [0.25, 0.3) is 0 Å². The third kappa shape index (κ3) is 3.76. The van der Waals surface area contributed by atoms with Crippen molar-refractivity contribution in [1.29, 1.82) is 0 Å². The third-order valence-electron chi connectivity index (χ3n) is 3.69. The molecular formula is C13H23N5O. The number of rotatable bonds is 5. The average molecular weight is 265 g/mol. The minimum absolute atomic E-state index is 0.0242. The van der Waals surface area contributed by atoms with Crippen molar-refractivity contribution in [2.24, 2.45) is 5.73 Å². The topological polar surface area (TPSA) is 85.8 Å². The first-order chi connectivity index (χ1) is 9.20. The second kappa shape index (κ2) is 6.65. The zero-order valence-corrected chi connectivity index (χ0v) is 11.5. The summed E-state index contributed by atoms with van der Waals surface area (Å²) in [6.45, 7) is 2.39. The molecule has 1 saturated carbocycles. The zero-order chi connectivity index (χ0) is 13.7. The lowest BCUT2D eigenvalue weighted by Gasteiger charge is -2.24. The largest absolute Gasteiger partial charge is 0.352 e. The summed E-state index contributed by atoms with van der Waals surface area (Å²) in [6.07, 6.45) is 8.39. The van der Waals surface area contributed by atoms with Gasteiger partial charge in [0.1, 0.15) is 6.04 Å². The van der Waals surface area contributed by atoms with E-state index in [1.807, 2.05) is 6.92 Å². The molecule has 19 heavy (non-hydrogen) atoms. The lowest BCUT2D eigenvalue weighted by Crippen LogP contribution is -2.40. The van der Waals surface area contributed by atoms with Gasteiger partial charge in [0.15, 0.2) is 0 Å². The highest BCUT2D eigenvalue weighted by Gasteiger charge is 2.21. The molecule has 3 N–H and O–H groups in total. The van der Waals surface area contributed by atoms with Gasteiger partial charge in [0.05, 0.1) is 5.69 Å². The van der Waals surface area contributed by atoms with Gasteiger partial charge < -0.3 is 11.1 Å². The van der Waals surface area contributed by atoms with Gasteiger partial charge in [-0.1, -0.05) is 24.5 Å². The van der Waals surface area contributed by atoms with Crippen LogP contribution < -0.4 is 11.1 Å². The van der Waals surface area contributed by atoms with E-state index in [-0.39, 0.29) is 11.9 Å². The second-order valence-corrected chi connectivity index (χ2v) is 5.25. The number of nitrogens with two attached hydrogens (primary N) is 1. The van der Waals surface area contributed by atoms with Crippen molar-refractivity contribution in [2.45, 2.75) is 57.5 Å². The highest BCUT2D eigenvalue weighted by Crippen LogP contribution is 2.18. The average Bonchev–Trinajstić information content (AvgIpc) is 2.88. The molecule has 1 atom stereocenters. The van der Waals surface area contributed by atoms with Crippen molar-refractivity contribution in [3.05, 3.63) is 11.9 Å². The van der Waals surface area contributed by atoms with Crippen LogP contribution in [0.1, 0.15) is 50.8 Å². The van der Waals surface area contributed by atoms with Crippen molar-refractivity contribution in [1.82, 2.24) is 20.3 Å². The fourth-order valence-electron chi connectivity index (χ4n) is 2.45. The van der Waals surface area contributed by atoms with Crippen molar-refractivity contribution in [3.63, 3.8) is 0 Å². The number of amides is 1. The quantitative estimate of drug-likeness (QED) is 0.824. The Morgan fingerprint density at radius 2 is 2.26 bits per heavy atom. The molecule has 2 rings (SSSR count). The Kier molecular flexibility index (Phi) is 4.90. The van der Waals surface area contributed by atoms with Crippen LogP contribution in [0.2, 0.25) is 0 Å². The van der Waals surface area contributed by atoms with E-state index in [1.54, 1.807) is 10.9 Å². The fraction of sp³-hybridized carbons (Fsp3) is 0.769. The standard InChI is InChI=1S/C13H23N5O/c1-10(18-9-12(7-8-14)16-17-18)13(19)15-11-5-3-2-4-6-11/h9-11H,2-8,14H2,1H3,(H,15,19). The first-order valence-corrected chi connectivity index (χ1v) is 7.12. The number of hydrogen-bond donors (Lipinski definition) is 2. The third-order valence-corrected chi connectivity index (χ3v) is 3.69. The fourth-order valence-corrected chi connectivity index (χ4v) is 2.45. The number of aromatic nitrogens is 3. The predicted molar refractivity (Wildman–Crippen MR) is 72.5 cm³/mol. The molecule has 1 aliphatic carbocycles. The van der Waals surface area contributed by atoms with Gasteiger partial charge in [-0.3, -0.25) is 4.79 Å². The van der Waals surface area contributed by atoms with Crippen LogP contribution in [0.5, 0.6) is 0 Å². The minimum Gasteiger partial charge on any atom is -0.352 e. The molecule has 0 saturated heterocycles. The zero-order valence-electron chi connectivity index (χ0n) is 11.5. The Labute approximate surface area is 113 Å². The molecule has 0 bridgehead atoms. The molecule has 1 aromatic rings. The van der Waals surface area contributed by atoms with E-state index in [4.69, 9.17) is 5.73 Å². The van der Waals surface area contributed by atoms with Gasteiger partial charge in [-0.25, -0.2) is 4.68 Å². The number of carbonyl (C=O) groups excluding carboxylic acids is 1. The molecule has 6 nitrogen and oxygen atoms in total. The summed E-state index contributed by atoms with van der Waals surface area (Å²) in [4.78, 5) is 12.2. The first-order valence-electron chi connectivity index (χ1n) is 7.12. The van der Waals surface area contributed by atoms with Crippen molar-refractivity contribution >= 4 is 5.91 Å². The summed E-state index contributed by atoms with van der Waals surface area (Å²) in [7, 11) is 0. The number of nitrogens with one attached hydrogen (secondary N) is 1. The maximum atomic E-state index is 12.2. The van der Waals surface area contributed by atoms with Crippen molar-refractivity contribution in [3.8, 4) is 0 Å². The molecule has 1 amide bonds. The van der Waals surface area contributed by atoms with E-state index in [2.05, 4.69) is 15.6 Å². The maximum absolute atomic E-state index is 12.2. The molecule has 1 unspecified atom stereocenters. The summed E-state index contributed by atoms with van der Waals surface area (Å²) in [5.41, 5.74) is 6.31. The van der Waals surface area contributed by atoms with Crippen LogP contribution in [0.4, 0.5) is 0 Å². The van der Waals surface area contributed by atoms with E-state index in [0.717, 1.165) is 18.5 Å². The van der Waals surface area contributed by atoms with Gasteiger partial charge in [-0.15, -0.1) is 5.10 Å². The van der Waals surface area contributed by atoms with Crippen molar-refractivity contribution < 1.29 is 4.79 Å². The van der Waals surface area contributed by atoms with Crippen LogP contribution in [-0.4, -0.2) is 33.5 Å². The highest BCUT2D eigenvalue weighted by molar-refractivity contribution is 5.80. The van der Waals surface area contributed by atoms with Gasteiger partial charge in [0, 0.05) is 18.7 Å². The van der Waals surface area contributed by atoms with Crippen LogP contribution in [-0.2, 0) is 11.2 Å².